The third-order valence-corrected chi connectivity index (χ3v) is 6.05. The zero-order valence-electron chi connectivity index (χ0n) is 19.3. The number of hydrogen-bond acceptors (Lipinski definition) is 6. The number of halogens is 2. The van der Waals surface area contributed by atoms with E-state index in [0.29, 0.717) is 49.8 Å². The van der Waals surface area contributed by atoms with E-state index >= 15 is 0 Å². The fourth-order valence-corrected chi connectivity index (χ4v) is 4.12. The molecule has 0 radical (unpaired) electrons. The lowest BCUT2D eigenvalue weighted by molar-refractivity contribution is -0.119. The number of thiocarbonyl (C=S) groups is 1. The Bertz CT molecular complexity index is 1450. The molecule has 0 fully saturated rings. The van der Waals surface area contributed by atoms with Gasteiger partial charge in [-0.1, -0.05) is 41.4 Å². The maximum Gasteiger partial charge on any atom is 0.230 e. The van der Waals surface area contributed by atoms with E-state index in [1.54, 1.807) is 75.0 Å². The largest absolute Gasteiger partial charge is 0.493 e. The summed E-state index contributed by atoms with van der Waals surface area (Å²) in [5, 5.41) is 7.32. The summed E-state index contributed by atoms with van der Waals surface area (Å²) in [5.74, 6) is 1.81. The average Bonchev–Trinajstić information content (AvgIpc) is 2.86. The van der Waals surface area contributed by atoms with Crippen molar-refractivity contribution in [1.29, 1.82) is 0 Å². The first-order chi connectivity index (χ1) is 17.4. The van der Waals surface area contributed by atoms with Crippen LogP contribution in [0.15, 0.2) is 66.9 Å². The number of aromatic nitrogens is 1. The molecule has 2 N–H and O–H groups in total. The second-order valence-electron chi connectivity index (χ2n) is 7.55. The second kappa shape index (κ2) is 11.4. The topological polar surface area (TPSA) is 81.7 Å². The van der Waals surface area contributed by atoms with Gasteiger partial charge in [-0.25, -0.2) is 0 Å². The van der Waals surface area contributed by atoms with E-state index in [-0.39, 0.29) is 17.4 Å². The Balaban J connectivity index is 1.45. The van der Waals surface area contributed by atoms with Crippen LogP contribution in [0.1, 0.15) is 5.56 Å². The summed E-state index contributed by atoms with van der Waals surface area (Å²) in [7, 11) is 3.13. The first-order valence-corrected chi connectivity index (χ1v) is 11.9. The van der Waals surface area contributed by atoms with Crippen molar-refractivity contribution in [1.82, 2.24) is 10.3 Å². The van der Waals surface area contributed by atoms with Crippen molar-refractivity contribution >= 4 is 63.0 Å². The number of ether oxygens (including phenoxy) is 3. The molecule has 0 saturated heterocycles. The molecule has 4 rings (SSSR count). The minimum atomic E-state index is -0.289. The molecule has 10 heteroatoms. The smallest absolute Gasteiger partial charge is 0.230 e. The number of rotatable bonds is 7. The van der Waals surface area contributed by atoms with Gasteiger partial charge >= 0.3 is 0 Å². The SMILES string of the molecule is COc1cc2nccc(Oc3ccc(NC(=S)NC(=O)Cc4ccccc4Cl)cc3Cl)c2cc1OC. The number of nitrogens with zero attached hydrogens (tertiary/aromatic N) is 1. The molecule has 0 unspecified atom stereocenters. The first kappa shape index (κ1) is 25.5. The Morgan fingerprint density at radius 3 is 2.39 bits per heavy atom. The van der Waals surface area contributed by atoms with Crippen LogP contribution in [-0.4, -0.2) is 30.2 Å². The predicted molar refractivity (Wildman–Crippen MR) is 146 cm³/mol. The van der Waals surface area contributed by atoms with Crippen LogP contribution in [0.25, 0.3) is 10.9 Å². The molecule has 36 heavy (non-hydrogen) atoms. The predicted octanol–water partition coefficient (Wildman–Crippen LogP) is 6.41. The van der Waals surface area contributed by atoms with Gasteiger partial charge in [0.05, 0.1) is 31.2 Å². The van der Waals surface area contributed by atoms with Crippen LogP contribution in [0.5, 0.6) is 23.0 Å². The third-order valence-electron chi connectivity index (χ3n) is 5.18. The van der Waals surface area contributed by atoms with Crippen molar-refractivity contribution in [2.45, 2.75) is 6.42 Å². The van der Waals surface area contributed by atoms with E-state index in [2.05, 4.69) is 15.6 Å². The third kappa shape index (κ3) is 5.96. The van der Waals surface area contributed by atoms with E-state index in [1.165, 1.54) is 0 Å². The van der Waals surface area contributed by atoms with Crippen LogP contribution in [0.2, 0.25) is 10.0 Å². The van der Waals surface area contributed by atoms with Crippen LogP contribution < -0.4 is 24.8 Å². The molecule has 7 nitrogen and oxygen atoms in total. The lowest BCUT2D eigenvalue weighted by Crippen LogP contribution is -2.35. The number of hydrogen-bond donors (Lipinski definition) is 2. The summed E-state index contributed by atoms with van der Waals surface area (Å²) in [4.78, 5) is 16.7. The highest BCUT2D eigenvalue weighted by Gasteiger charge is 2.14. The first-order valence-electron chi connectivity index (χ1n) is 10.7. The highest BCUT2D eigenvalue weighted by molar-refractivity contribution is 7.80. The number of amides is 1. The molecule has 0 aliphatic heterocycles. The number of anilines is 1. The van der Waals surface area contributed by atoms with E-state index in [9.17, 15) is 4.79 Å². The molecular formula is C26H21Cl2N3O4S. The quantitative estimate of drug-likeness (QED) is 0.261. The minimum Gasteiger partial charge on any atom is -0.493 e. The number of carbonyl (C=O) groups excluding carboxylic acids is 1. The Kier molecular flexibility index (Phi) is 8.10. The van der Waals surface area contributed by atoms with Crippen LogP contribution in [0, 0.1) is 0 Å². The van der Waals surface area contributed by atoms with Crippen LogP contribution in [0.4, 0.5) is 5.69 Å². The molecule has 0 aliphatic carbocycles. The van der Waals surface area contributed by atoms with Gasteiger partial charge in [0.15, 0.2) is 16.6 Å². The normalized spacial score (nSPS) is 10.6. The van der Waals surface area contributed by atoms with Gasteiger partial charge < -0.3 is 24.8 Å². The Morgan fingerprint density at radius 1 is 0.917 bits per heavy atom. The van der Waals surface area contributed by atoms with E-state index in [4.69, 9.17) is 49.6 Å². The van der Waals surface area contributed by atoms with Crippen molar-refractivity contribution in [2.24, 2.45) is 0 Å². The molecule has 0 bridgehead atoms. The van der Waals surface area contributed by atoms with Crippen LogP contribution in [-0.2, 0) is 11.2 Å². The molecule has 0 atom stereocenters. The van der Waals surface area contributed by atoms with E-state index < -0.39 is 0 Å². The van der Waals surface area contributed by atoms with E-state index in [1.807, 2.05) is 6.07 Å². The Hall–Kier alpha value is -3.59. The van der Waals surface area contributed by atoms with Gasteiger partial charge in [-0.15, -0.1) is 0 Å². The van der Waals surface area contributed by atoms with E-state index in [0.717, 1.165) is 5.39 Å². The fourth-order valence-electron chi connectivity index (χ4n) is 3.46. The number of nitrogens with one attached hydrogen (secondary N) is 2. The monoisotopic (exact) mass is 541 g/mol. The summed E-state index contributed by atoms with van der Waals surface area (Å²) in [5.41, 5.74) is 1.97. The fraction of sp³-hybridized carbons (Fsp3) is 0.115. The maximum atomic E-state index is 12.3. The summed E-state index contributed by atoms with van der Waals surface area (Å²) >= 11 is 17.9. The number of carbonyl (C=O) groups is 1. The van der Waals surface area contributed by atoms with Crippen molar-refractivity contribution in [3.63, 3.8) is 0 Å². The van der Waals surface area contributed by atoms with Crippen LogP contribution >= 0.6 is 35.4 Å². The molecule has 0 saturated carbocycles. The Labute approximate surface area is 223 Å². The van der Waals surface area contributed by atoms with Gasteiger partial charge in [0.25, 0.3) is 0 Å². The Morgan fingerprint density at radius 2 is 1.67 bits per heavy atom. The minimum absolute atomic E-state index is 0.103. The van der Waals surface area contributed by atoms with Crippen molar-refractivity contribution in [2.75, 3.05) is 19.5 Å². The molecule has 0 spiro atoms. The van der Waals surface area contributed by atoms with Gasteiger partial charge in [-0.3, -0.25) is 9.78 Å². The van der Waals surface area contributed by atoms with Gasteiger partial charge in [-0.2, -0.15) is 0 Å². The standard InChI is InChI=1S/C26H21Cl2N3O4S/c1-33-23-13-17-20(14-24(23)34-2)29-10-9-21(17)35-22-8-7-16(12-19(22)28)30-26(36)31-25(32)11-15-5-3-4-6-18(15)27/h3-10,12-14H,11H2,1-2H3,(H2,30,31,32,36). The zero-order chi connectivity index (χ0) is 25.7. The van der Waals surface area contributed by atoms with Crippen molar-refractivity contribution in [3.05, 3.63) is 82.5 Å². The zero-order valence-corrected chi connectivity index (χ0v) is 21.6. The van der Waals surface area contributed by atoms with Gasteiger partial charge in [0.1, 0.15) is 11.5 Å². The molecule has 1 aromatic heterocycles. The van der Waals surface area contributed by atoms with Crippen LogP contribution in [0.3, 0.4) is 0 Å². The molecule has 3 aromatic carbocycles. The van der Waals surface area contributed by atoms with Crippen molar-refractivity contribution in [3.8, 4) is 23.0 Å². The number of fused-ring (bicyclic) bond motifs is 1. The maximum absolute atomic E-state index is 12.3. The summed E-state index contributed by atoms with van der Waals surface area (Å²) < 4.78 is 16.8. The van der Waals surface area contributed by atoms with Gasteiger partial charge in [0.2, 0.25) is 5.91 Å². The highest BCUT2D eigenvalue weighted by Crippen LogP contribution is 2.38. The number of pyridine rings is 1. The highest BCUT2D eigenvalue weighted by atomic mass is 35.5. The number of methoxy groups -OCH3 is 2. The lowest BCUT2D eigenvalue weighted by atomic mass is 10.1. The summed E-state index contributed by atoms with van der Waals surface area (Å²) in [6, 6.07) is 17.5. The van der Waals surface area contributed by atoms with Crippen molar-refractivity contribution < 1.29 is 19.0 Å². The average molecular weight is 542 g/mol. The lowest BCUT2D eigenvalue weighted by Gasteiger charge is -2.14. The van der Waals surface area contributed by atoms with Gasteiger partial charge in [0, 0.05) is 28.4 Å². The molecular weight excluding hydrogens is 521 g/mol. The second-order valence-corrected chi connectivity index (χ2v) is 8.77. The van der Waals surface area contributed by atoms with Gasteiger partial charge in [-0.05, 0) is 54.2 Å². The molecule has 1 heterocycles. The molecule has 184 valence electrons. The molecule has 0 aliphatic rings. The summed E-state index contributed by atoms with van der Waals surface area (Å²) in [6.45, 7) is 0. The summed E-state index contributed by atoms with van der Waals surface area (Å²) in [6.07, 6.45) is 1.74. The number of benzene rings is 3. The molecule has 1 amide bonds. The molecule has 4 aromatic rings.